The lowest BCUT2D eigenvalue weighted by atomic mass is 10.4. The zero-order valence-corrected chi connectivity index (χ0v) is 5.13. The van der Waals surface area contributed by atoms with E-state index in [0.717, 1.165) is 0 Å². The Morgan fingerprint density at radius 2 is 2.56 bits per heavy atom. The summed E-state index contributed by atoms with van der Waals surface area (Å²) in [5, 5.41) is 8.15. The molecule has 1 amide bonds. The van der Waals surface area contributed by atoms with Gasteiger partial charge in [-0.2, -0.15) is 5.26 Å². The number of carbonyl (C=O) groups excluding carboxylic acids is 1. The van der Waals surface area contributed by atoms with Gasteiger partial charge in [0.1, 0.15) is 6.07 Å². The second-order valence-corrected chi connectivity index (χ2v) is 1.37. The summed E-state index contributed by atoms with van der Waals surface area (Å²) in [5.74, 6) is -0.737. The molecule has 0 heterocycles. The smallest absolute Gasteiger partial charge is 0.261 e. The zero-order valence-electron chi connectivity index (χ0n) is 5.13. The first-order valence-electron chi connectivity index (χ1n) is 2.53. The Morgan fingerprint density at radius 3 is 2.67 bits per heavy atom. The molecule has 0 saturated heterocycles. The molecule has 2 N–H and O–H groups in total. The van der Waals surface area contributed by atoms with E-state index in [1.165, 1.54) is 0 Å². The Kier molecular flexibility index (Phi) is 3.40. The second-order valence-electron chi connectivity index (χ2n) is 1.37. The fraction of sp³-hybridized carbons (Fsp3) is 0.600. The normalized spacial score (nSPS) is 12.0. The molecule has 0 aliphatic heterocycles. The fourth-order valence-corrected chi connectivity index (χ4v) is 0.350. The number of nitrogens with two attached hydrogens (primary N) is 1. The van der Waals surface area contributed by atoms with E-state index in [1.54, 1.807) is 13.0 Å². The van der Waals surface area contributed by atoms with Crippen molar-refractivity contribution in [2.75, 3.05) is 6.61 Å². The molecule has 0 aliphatic rings. The first-order valence-corrected chi connectivity index (χ1v) is 2.53. The van der Waals surface area contributed by atoms with Gasteiger partial charge in [-0.3, -0.25) is 4.79 Å². The van der Waals surface area contributed by atoms with Crippen molar-refractivity contribution in [3.8, 4) is 6.07 Å². The molecule has 4 heteroatoms. The molecule has 0 aromatic heterocycles. The van der Waals surface area contributed by atoms with Crippen molar-refractivity contribution in [3.63, 3.8) is 0 Å². The van der Waals surface area contributed by atoms with Crippen molar-refractivity contribution in [2.24, 2.45) is 5.73 Å². The van der Waals surface area contributed by atoms with Crippen LogP contribution in [0, 0.1) is 11.3 Å². The number of hydrogen-bond donors (Lipinski definition) is 1. The molecule has 0 radical (unpaired) electrons. The molecule has 1 unspecified atom stereocenters. The number of nitrogens with zero attached hydrogens (tertiary/aromatic N) is 1. The van der Waals surface area contributed by atoms with Crippen molar-refractivity contribution < 1.29 is 9.53 Å². The fourth-order valence-electron chi connectivity index (χ4n) is 0.350. The van der Waals surface area contributed by atoms with Gasteiger partial charge in [0.15, 0.2) is 0 Å². The van der Waals surface area contributed by atoms with Gasteiger partial charge in [-0.05, 0) is 6.92 Å². The summed E-state index contributed by atoms with van der Waals surface area (Å²) in [4.78, 5) is 10.2. The lowest BCUT2D eigenvalue weighted by molar-refractivity contribution is -0.125. The van der Waals surface area contributed by atoms with E-state index in [2.05, 4.69) is 4.74 Å². The lowest BCUT2D eigenvalue weighted by Crippen LogP contribution is -2.29. The summed E-state index contributed by atoms with van der Waals surface area (Å²) in [5.41, 5.74) is 4.75. The first kappa shape index (κ1) is 7.92. The van der Waals surface area contributed by atoms with Crippen LogP contribution in [0.25, 0.3) is 0 Å². The molecule has 0 bridgehead atoms. The number of amides is 1. The predicted molar refractivity (Wildman–Crippen MR) is 30.2 cm³/mol. The molecule has 50 valence electrons. The largest absolute Gasteiger partial charge is 0.366 e. The highest BCUT2D eigenvalue weighted by Gasteiger charge is 2.11. The van der Waals surface area contributed by atoms with Crippen molar-refractivity contribution >= 4 is 5.91 Å². The van der Waals surface area contributed by atoms with Gasteiger partial charge in [-0.15, -0.1) is 0 Å². The SMILES string of the molecule is CCOC(C#N)C(N)=O. The van der Waals surface area contributed by atoms with Gasteiger partial charge < -0.3 is 10.5 Å². The monoisotopic (exact) mass is 128 g/mol. The highest BCUT2D eigenvalue weighted by Crippen LogP contribution is 1.86. The van der Waals surface area contributed by atoms with E-state index in [1.807, 2.05) is 0 Å². The first-order chi connectivity index (χ1) is 4.22. The zero-order chi connectivity index (χ0) is 7.28. The summed E-state index contributed by atoms with van der Waals surface area (Å²) in [6.45, 7) is 2.01. The molecule has 0 aliphatic carbocycles. The number of carbonyl (C=O) groups is 1. The number of nitriles is 1. The van der Waals surface area contributed by atoms with Crippen LogP contribution in [0.5, 0.6) is 0 Å². The number of hydrogen-bond acceptors (Lipinski definition) is 3. The molecule has 0 rings (SSSR count). The molecule has 1 atom stereocenters. The Labute approximate surface area is 53.2 Å². The van der Waals surface area contributed by atoms with Gasteiger partial charge in [0.25, 0.3) is 5.91 Å². The van der Waals surface area contributed by atoms with Crippen molar-refractivity contribution in [3.05, 3.63) is 0 Å². The number of rotatable bonds is 3. The van der Waals surface area contributed by atoms with E-state index in [0.29, 0.717) is 6.61 Å². The maximum atomic E-state index is 10.2. The van der Waals surface area contributed by atoms with Crippen LogP contribution in [0.2, 0.25) is 0 Å². The predicted octanol–water partition coefficient (Wildman–Crippen LogP) is -0.600. The van der Waals surface area contributed by atoms with Crippen LogP contribution in [-0.4, -0.2) is 18.6 Å². The molecule has 0 aromatic carbocycles. The average molecular weight is 128 g/mol. The van der Waals surface area contributed by atoms with Gasteiger partial charge in [-0.1, -0.05) is 0 Å². The summed E-state index contributed by atoms with van der Waals surface area (Å²) in [7, 11) is 0. The molecular formula is C5H8N2O2. The highest BCUT2D eigenvalue weighted by molar-refractivity contribution is 5.81. The molecular weight excluding hydrogens is 120 g/mol. The van der Waals surface area contributed by atoms with Gasteiger partial charge in [0, 0.05) is 6.61 Å². The van der Waals surface area contributed by atoms with Gasteiger partial charge in [0.2, 0.25) is 6.10 Å². The Hall–Kier alpha value is -1.08. The Morgan fingerprint density at radius 1 is 2.00 bits per heavy atom. The third-order valence-corrected chi connectivity index (χ3v) is 0.709. The third-order valence-electron chi connectivity index (χ3n) is 0.709. The maximum absolute atomic E-state index is 10.2. The highest BCUT2D eigenvalue weighted by atomic mass is 16.5. The third kappa shape index (κ3) is 2.67. The van der Waals surface area contributed by atoms with Crippen LogP contribution in [0.4, 0.5) is 0 Å². The second kappa shape index (κ2) is 3.87. The lowest BCUT2D eigenvalue weighted by Gasteiger charge is -2.01. The summed E-state index contributed by atoms with van der Waals surface area (Å²) < 4.78 is 4.62. The van der Waals surface area contributed by atoms with E-state index < -0.39 is 12.0 Å². The summed E-state index contributed by atoms with van der Waals surface area (Å²) in [6, 6.07) is 1.61. The quantitative estimate of drug-likeness (QED) is 0.551. The van der Waals surface area contributed by atoms with Crippen molar-refractivity contribution in [1.29, 1.82) is 5.26 Å². The minimum Gasteiger partial charge on any atom is -0.366 e. The Bertz CT molecular complexity index is 138. The summed E-state index contributed by atoms with van der Waals surface area (Å²) >= 11 is 0. The van der Waals surface area contributed by atoms with Gasteiger partial charge in [-0.25, -0.2) is 0 Å². The molecule has 0 spiro atoms. The Balaban J connectivity index is 3.72. The van der Waals surface area contributed by atoms with E-state index in [-0.39, 0.29) is 0 Å². The molecule has 9 heavy (non-hydrogen) atoms. The van der Waals surface area contributed by atoms with Gasteiger partial charge >= 0.3 is 0 Å². The van der Waals surface area contributed by atoms with Crippen LogP contribution >= 0.6 is 0 Å². The van der Waals surface area contributed by atoms with Crippen LogP contribution in [0.15, 0.2) is 0 Å². The van der Waals surface area contributed by atoms with E-state index in [9.17, 15) is 4.79 Å². The number of ether oxygens (including phenoxy) is 1. The molecule has 0 fully saturated rings. The molecule has 0 aromatic rings. The van der Waals surface area contributed by atoms with Crippen LogP contribution < -0.4 is 5.73 Å². The van der Waals surface area contributed by atoms with E-state index in [4.69, 9.17) is 11.0 Å². The van der Waals surface area contributed by atoms with Crippen LogP contribution in [0.3, 0.4) is 0 Å². The molecule has 4 nitrogen and oxygen atoms in total. The average Bonchev–Trinajstić information content (AvgIpc) is 1.82. The number of primary amides is 1. The van der Waals surface area contributed by atoms with Crippen molar-refractivity contribution in [2.45, 2.75) is 13.0 Å². The minimum absolute atomic E-state index is 0.321. The standard InChI is InChI=1S/C5H8N2O2/c1-2-9-4(3-6)5(7)8/h4H,2H2,1H3,(H2,7,8). The minimum atomic E-state index is -1.09. The van der Waals surface area contributed by atoms with Crippen LogP contribution in [0.1, 0.15) is 6.92 Å². The van der Waals surface area contributed by atoms with E-state index >= 15 is 0 Å². The maximum Gasteiger partial charge on any atom is 0.261 e. The van der Waals surface area contributed by atoms with Crippen LogP contribution in [-0.2, 0) is 9.53 Å². The molecule has 0 saturated carbocycles. The summed E-state index contributed by atoms with van der Waals surface area (Å²) in [6.07, 6.45) is -1.09. The topological polar surface area (TPSA) is 76.1 Å². The van der Waals surface area contributed by atoms with Crippen molar-refractivity contribution in [1.82, 2.24) is 0 Å². The van der Waals surface area contributed by atoms with Gasteiger partial charge in [0.05, 0.1) is 0 Å².